The summed E-state index contributed by atoms with van der Waals surface area (Å²) in [5.74, 6) is 0. The first-order valence-electron chi connectivity index (χ1n) is 11.3. The number of aromatic nitrogens is 1. The third-order valence-corrected chi connectivity index (χ3v) is 6.97. The Balaban J connectivity index is 1.35. The molecule has 4 aromatic rings. The van der Waals surface area contributed by atoms with Gasteiger partial charge >= 0.3 is 0 Å². The number of para-hydroxylation sites is 1. The van der Waals surface area contributed by atoms with Crippen LogP contribution in [0.4, 0.5) is 11.4 Å². The van der Waals surface area contributed by atoms with Gasteiger partial charge in [0.1, 0.15) is 0 Å². The van der Waals surface area contributed by atoms with Gasteiger partial charge in [0, 0.05) is 54.0 Å². The number of nitrogens with one attached hydrogen (secondary N) is 1. The van der Waals surface area contributed by atoms with Crippen molar-refractivity contribution in [3.05, 3.63) is 94.1 Å². The number of halogens is 2. The molecule has 0 spiro atoms. The molecule has 1 fully saturated rings. The van der Waals surface area contributed by atoms with Crippen molar-refractivity contribution in [2.45, 2.75) is 32.4 Å². The first-order valence-corrected chi connectivity index (χ1v) is 12.0. The molecule has 0 bridgehead atoms. The average Bonchev–Trinajstić information content (AvgIpc) is 3.17. The van der Waals surface area contributed by atoms with Crippen molar-refractivity contribution >= 4 is 45.5 Å². The van der Waals surface area contributed by atoms with Crippen LogP contribution in [0.1, 0.15) is 30.4 Å². The molecule has 1 N–H and O–H groups in total. The van der Waals surface area contributed by atoms with E-state index in [0.717, 1.165) is 53.2 Å². The highest BCUT2D eigenvalue weighted by atomic mass is 35.5. The summed E-state index contributed by atoms with van der Waals surface area (Å²) in [7, 11) is 0. The largest absolute Gasteiger partial charge is 0.381 e. The smallest absolute Gasteiger partial charge is 0.0660 e. The molecule has 164 valence electrons. The van der Waals surface area contributed by atoms with E-state index in [1.807, 2.05) is 18.2 Å². The van der Waals surface area contributed by atoms with Crippen LogP contribution in [0.2, 0.25) is 10.0 Å². The van der Waals surface area contributed by atoms with Crippen molar-refractivity contribution in [2.24, 2.45) is 0 Å². The van der Waals surface area contributed by atoms with E-state index < -0.39 is 0 Å². The van der Waals surface area contributed by atoms with Crippen molar-refractivity contribution in [1.82, 2.24) is 4.57 Å². The fourth-order valence-corrected chi connectivity index (χ4v) is 5.11. The first-order chi connectivity index (χ1) is 15.7. The lowest BCUT2D eigenvalue weighted by Gasteiger charge is -2.29. The average molecular weight is 464 g/mol. The van der Waals surface area contributed by atoms with Crippen molar-refractivity contribution in [3.8, 4) is 0 Å². The highest BCUT2D eigenvalue weighted by molar-refractivity contribution is 6.33. The van der Waals surface area contributed by atoms with Crippen LogP contribution in [-0.4, -0.2) is 17.7 Å². The topological polar surface area (TPSA) is 20.2 Å². The molecule has 3 aromatic carbocycles. The summed E-state index contributed by atoms with van der Waals surface area (Å²) in [6, 6.07) is 22.9. The molecule has 3 nitrogen and oxygen atoms in total. The van der Waals surface area contributed by atoms with E-state index in [1.54, 1.807) is 0 Å². The van der Waals surface area contributed by atoms with E-state index >= 15 is 0 Å². The van der Waals surface area contributed by atoms with Crippen LogP contribution in [0.3, 0.4) is 0 Å². The summed E-state index contributed by atoms with van der Waals surface area (Å²) >= 11 is 13.1. The van der Waals surface area contributed by atoms with Gasteiger partial charge in [0.15, 0.2) is 0 Å². The van der Waals surface area contributed by atoms with Gasteiger partial charge in [0.25, 0.3) is 0 Å². The van der Waals surface area contributed by atoms with E-state index in [2.05, 4.69) is 69.5 Å². The number of benzene rings is 3. The number of rotatable bonds is 6. The number of hydrogen-bond donors (Lipinski definition) is 1. The van der Waals surface area contributed by atoms with Crippen LogP contribution in [0.5, 0.6) is 0 Å². The predicted octanol–water partition coefficient (Wildman–Crippen LogP) is 7.60. The van der Waals surface area contributed by atoms with Gasteiger partial charge in [0.2, 0.25) is 0 Å². The summed E-state index contributed by atoms with van der Waals surface area (Å²) in [5, 5.41) is 6.44. The molecule has 5 heteroatoms. The van der Waals surface area contributed by atoms with E-state index in [1.165, 1.54) is 35.7 Å². The van der Waals surface area contributed by atoms with E-state index in [0.29, 0.717) is 0 Å². The summed E-state index contributed by atoms with van der Waals surface area (Å²) in [6.07, 6.45) is 6.03. The molecule has 1 aliphatic heterocycles. The lowest BCUT2D eigenvalue weighted by Crippen LogP contribution is -2.29. The Bertz CT molecular complexity index is 1220. The number of nitrogens with zero attached hydrogens (tertiary/aromatic N) is 2. The van der Waals surface area contributed by atoms with Crippen LogP contribution < -0.4 is 10.2 Å². The van der Waals surface area contributed by atoms with Crippen LogP contribution in [0.15, 0.2) is 72.9 Å². The fraction of sp³-hybridized carbons (Fsp3) is 0.259. The summed E-state index contributed by atoms with van der Waals surface area (Å²) < 4.78 is 2.28. The molecule has 2 heterocycles. The number of anilines is 2. The van der Waals surface area contributed by atoms with Gasteiger partial charge < -0.3 is 14.8 Å². The molecule has 32 heavy (non-hydrogen) atoms. The zero-order chi connectivity index (χ0) is 21.9. The molecule has 1 aliphatic rings. The molecule has 0 saturated carbocycles. The Kier molecular flexibility index (Phi) is 6.29. The third kappa shape index (κ3) is 4.46. The molecule has 1 aromatic heterocycles. The van der Waals surface area contributed by atoms with Crippen molar-refractivity contribution < 1.29 is 0 Å². The molecule has 0 amide bonds. The minimum Gasteiger partial charge on any atom is -0.381 e. The van der Waals surface area contributed by atoms with Gasteiger partial charge in [-0.05, 0) is 60.7 Å². The normalized spacial score (nSPS) is 14.1. The van der Waals surface area contributed by atoms with E-state index in [-0.39, 0.29) is 0 Å². The highest BCUT2D eigenvalue weighted by Crippen LogP contribution is 2.31. The maximum atomic E-state index is 6.65. The van der Waals surface area contributed by atoms with Crippen LogP contribution in [-0.2, 0) is 13.1 Å². The summed E-state index contributed by atoms with van der Waals surface area (Å²) in [6.45, 7) is 3.67. The van der Waals surface area contributed by atoms with Gasteiger partial charge in [-0.2, -0.15) is 0 Å². The van der Waals surface area contributed by atoms with Crippen LogP contribution >= 0.6 is 23.2 Å². The number of hydrogen-bond acceptors (Lipinski definition) is 2. The Morgan fingerprint density at radius 2 is 1.56 bits per heavy atom. The molecule has 1 saturated heterocycles. The predicted molar refractivity (Wildman–Crippen MR) is 137 cm³/mol. The van der Waals surface area contributed by atoms with Crippen LogP contribution in [0.25, 0.3) is 10.9 Å². The van der Waals surface area contributed by atoms with Gasteiger partial charge in [0.05, 0.1) is 10.7 Å². The van der Waals surface area contributed by atoms with Gasteiger partial charge in [-0.3, -0.25) is 0 Å². The monoisotopic (exact) mass is 463 g/mol. The Hall–Kier alpha value is -2.62. The molecule has 5 rings (SSSR count). The Morgan fingerprint density at radius 3 is 2.38 bits per heavy atom. The second-order valence-electron chi connectivity index (χ2n) is 8.46. The van der Waals surface area contributed by atoms with E-state index in [9.17, 15) is 0 Å². The van der Waals surface area contributed by atoms with Crippen LogP contribution in [0, 0.1) is 0 Å². The number of piperidine rings is 1. The van der Waals surface area contributed by atoms with Crippen molar-refractivity contribution in [3.63, 3.8) is 0 Å². The highest BCUT2D eigenvalue weighted by Gasteiger charge is 2.14. The molecule has 0 radical (unpaired) electrons. The zero-order valence-electron chi connectivity index (χ0n) is 18.0. The standard InChI is InChI=1S/C27H27Cl2N3/c28-24-10-4-2-8-20(24)18-32-19-21(23-9-3-5-11-26(23)32)17-30-22-12-13-27(25(29)16-22)31-14-6-1-7-15-31/h2-5,8-13,16,19,30H,1,6-7,14-15,17-18H2. The first kappa shape index (κ1) is 21.2. The van der Waals surface area contributed by atoms with Crippen molar-refractivity contribution in [2.75, 3.05) is 23.3 Å². The quantitative estimate of drug-likeness (QED) is 0.317. The summed E-state index contributed by atoms with van der Waals surface area (Å²) in [5.41, 5.74) is 5.77. The van der Waals surface area contributed by atoms with Gasteiger partial charge in [-0.1, -0.05) is 59.6 Å². The van der Waals surface area contributed by atoms with Gasteiger partial charge in [-0.25, -0.2) is 0 Å². The Labute approximate surface area is 199 Å². The SMILES string of the molecule is Clc1ccccc1Cn1cc(CNc2ccc(N3CCCCC3)c(Cl)c2)c2ccccc21. The summed E-state index contributed by atoms with van der Waals surface area (Å²) in [4.78, 5) is 2.40. The molecular weight excluding hydrogens is 437 g/mol. The minimum absolute atomic E-state index is 0.732. The van der Waals surface area contributed by atoms with Crippen molar-refractivity contribution in [1.29, 1.82) is 0 Å². The van der Waals surface area contributed by atoms with E-state index in [4.69, 9.17) is 23.2 Å². The zero-order valence-corrected chi connectivity index (χ0v) is 19.5. The maximum absolute atomic E-state index is 6.65. The van der Waals surface area contributed by atoms with Gasteiger partial charge in [-0.15, -0.1) is 0 Å². The second-order valence-corrected chi connectivity index (χ2v) is 9.27. The molecular formula is C27H27Cl2N3. The molecule has 0 aliphatic carbocycles. The third-order valence-electron chi connectivity index (χ3n) is 6.30. The minimum atomic E-state index is 0.732. The lowest BCUT2D eigenvalue weighted by atomic mass is 10.1. The lowest BCUT2D eigenvalue weighted by molar-refractivity contribution is 0.578. The maximum Gasteiger partial charge on any atom is 0.0660 e. The fourth-order valence-electron chi connectivity index (χ4n) is 4.61. The Morgan fingerprint density at radius 1 is 0.781 bits per heavy atom. The molecule has 0 unspecified atom stereocenters. The number of fused-ring (bicyclic) bond motifs is 1. The molecule has 0 atom stereocenters. The second kappa shape index (κ2) is 9.48.